The molecule has 1 aromatic rings. The zero-order chi connectivity index (χ0) is 29.7. The van der Waals surface area contributed by atoms with Gasteiger partial charge >= 0.3 is 5.97 Å². The quantitative estimate of drug-likeness (QED) is 0.313. The van der Waals surface area contributed by atoms with Crippen LogP contribution in [0.2, 0.25) is 0 Å². The van der Waals surface area contributed by atoms with Crippen molar-refractivity contribution in [2.24, 2.45) is 5.92 Å². The fourth-order valence-corrected chi connectivity index (χ4v) is 7.33. The summed E-state index contributed by atoms with van der Waals surface area (Å²) in [6.45, 7) is 3.37. The number of carbonyl (C=O) groups excluding carboxylic acids is 5. The summed E-state index contributed by atoms with van der Waals surface area (Å²) in [4.78, 5) is 65.6. The molecule has 0 bridgehead atoms. The van der Waals surface area contributed by atoms with Gasteiger partial charge in [0.1, 0.15) is 12.1 Å². The first kappa shape index (κ1) is 30.6. The number of nitrogens with zero attached hydrogens (tertiary/aromatic N) is 3. The SMILES string of the molecule is COC(=O)[C@H](CCC(=O)N1CCC(CN2C(=O)CCC2=O)CC1)NC(=O)[C@@H]1CCCN1S(=O)(=O)c1ccc(C)cc1. The Bertz CT molecular complexity index is 1260. The fourth-order valence-electron chi connectivity index (χ4n) is 5.67. The van der Waals surface area contributed by atoms with E-state index in [-0.39, 0.29) is 60.8 Å². The minimum atomic E-state index is -3.91. The third-order valence-electron chi connectivity index (χ3n) is 8.15. The molecule has 1 aromatic carbocycles. The van der Waals surface area contributed by atoms with Gasteiger partial charge in [-0.05, 0) is 57.1 Å². The zero-order valence-electron chi connectivity index (χ0n) is 23.5. The molecule has 224 valence electrons. The molecule has 4 rings (SSSR count). The Hall–Kier alpha value is -3.32. The molecule has 0 spiro atoms. The Balaban J connectivity index is 1.31. The van der Waals surface area contributed by atoms with Crippen molar-refractivity contribution in [1.82, 2.24) is 19.4 Å². The van der Waals surface area contributed by atoms with Crippen molar-refractivity contribution in [2.45, 2.75) is 75.3 Å². The van der Waals surface area contributed by atoms with E-state index in [0.29, 0.717) is 45.3 Å². The molecule has 2 atom stereocenters. The lowest BCUT2D eigenvalue weighted by Crippen LogP contribution is -2.51. The number of hydrogen-bond acceptors (Lipinski definition) is 8. The van der Waals surface area contributed by atoms with Crippen LogP contribution >= 0.6 is 0 Å². The van der Waals surface area contributed by atoms with E-state index in [1.165, 1.54) is 28.4 Å². The van der Waals surface area contributed by atoms with Crippen LogP contribution in [0.5, 0.6) is 0 Å². The molecule has 13 heteroatoms. The number of aryl methyl sites for hydroxylation is 1. The van der Waals surface area contributed by atoms with Crippen LogP contribution in [0.3, 0.4) is 0 Å². The fraction of sp³-hybridized carbons (Fsp3) is 0.607. The number of nitrogens with one attached hydrogen (secondary N) is 1. The van der Waals surface area contributed by atoms with Gasteiger partial charge in [-0.1, -0.05) is 17.7 Å². The van der Waals surface area contributed by atoms with Gasteiger partial charge in [0.2, 0.25) is 33.7 Å². The first-order valence-corrected chi connectivity index (χ1v) is 15.5. The minimum absolute atomic E-state index is 0.00535. The van der Waals surface area contributed by atoms with Gasteiger partial charge in [-0.25, -0.2) is 13.2 Å². The van der Waals surface area contributed by atoms with Gasteiger partial charge in [0, 0.05) is 45.4 Å². The highest BCUT2D eigenvalue weighted by molar-refractivity contribution is 7.89. The second kappa shape index (κ2) is 13.1. The molecule has 3 heterocycles. The maximum absolute atomic E-state index is 13.2. The van der Waals surface area contributed by atoms with E-state index in [9.17, 15) is 32.4 Å². The molecule has 0 unspecified atom stereocenters. The molecule has 1 N–H and O–H groups in total. The highest BCUT2D eigenvalue weighted by Crippen LogP contribution is 2.27. The molecule has 4 amide bonds. The van der Waals surface area contributed by atoms with E-state index >= 15 is 0 Å². The van der Waals surface area contributed by atoms with Crippen molar-refractivity contribution in [1.29, 1.82) is 0 Å². The maximum atomic E-state index is 13.2. The van der Waals surface area contributed by atoms with Gasteiger partial charge in [0.15, 0.2) is 0 Å². The number of hydrogen-bond donors (Lipinski definition) is 1. The third-order valence-corrected chi connectivity index (χ3v) is 10.1. The Morgan fingerprint density at radius 3 is 2.24 bits per heavy atom. The van der Waals surface area contributed by atoms with Crippen LogP contribution in [0.15, 0.2) is 29.2 Å². The van der Waals surface area contributed by atoms with Crippen molar-refractivity contribution in [2.75, 3.05) is 33.3 Å². The van der Waals surface area contributed by atoms with Crippen molar-refractivity contribution < 1.29 is 37.1 Å². The van der Waals surface area contributed by atoms with E-state index in [1.807, 2.05) is 6.92 Å². The molecule has 3 aliphatic rings. The highest BCUT2D eigenvalue weighted by Gasteiger charge is 2.41. The van der Waals surface area contributed by atoms with Crippen LogP contribution < -0.4 is 5.32 Å². The number of piperidine rings is 1. The number of amides is 4. The average molecular weight is 591 g/mol. The normalized spacial score (nSPS) is 21.3. The molecule has 3 aliphatic heterocycles. The molecule has 12 nitrogen and oxygen atoms in total. The number of rotatable bonds is 10. The van der Waals surface area contributed by atoms with Gasteiger partial charge in [-0.15, -0.1) is 0 Å². The summed E-state index contributed by atoms with van der Waals surface area (Å²) in [5.74, 6) is -1.64. The summed E-state index contributed by atoms with van der Waals surface area (Å²) in [5, 5.41) is 2.63. The smallest absolute Gasteiger partial charge is 0.328 e. The molecule has 0 aromatic heterocycles. The second-order valence-corrected chi connectivity index (χ2v) is 12.8. The van der Waals surface area contributed by atoms with E-state index in [4.69, 9.17) is 4.74 Å². The Morgan fingerprint density at radius 1 is 1.00 bits per heavy atom. The number of imide groups is 1. The number of ether oxygens (including phenoxy) is 1. The van der Waals surface area contributed by atoms with Crippen LogP contribution in [0, 0.1) is 12.8 Å². The summed E-state index contributed by atoms with van der Waals surface area (Å²) in [7, 11) is -2.73. The van der Waals surface area contributed by atoms with Crippen molar-refractivity contribution >= 4 is 39.6 Å². The lowest BCUT2D eigenvalue weighted by Gasteiger charge is -2.33. The number of esters is 1. The van der Waals surface area contributed by atoms with Crippen molar-refractivity contribution in [3.8, 4) is 0 Å². The Morgan fingerprint density at radius 2 is 1.63 bits per heavy atom. The van der Waals surface area contributed by atoms with Crippen LogP contribution in [-0.2, 0) is 38.7 Å². The first-order chi connectivity index (χ1) is 19.5. The molecular formula is C28H38N4O8S. The van der Waals surface area contributed by atoms with Gasteiger partial charge in [0.05, 0.1) is 12.0 Å². The number of benzene rings is 1. The highest BCUT2D eigenvalue weighted by atomic mass is 32.2. The van der Waals surface area contributed by atoms with Crippen molar-refractivity contribution in [3.63, 3.8) is 0 Å². The van der Waals surface area contributed by atoms with Crippen LogP contribution in [0.25, 0.3) is 0 Å². The molecule has 0 saturated carbocycles. The Kier molecular flexibility index (Phi) is 9.80. The lowest BCUT2D eigenvalue weighted by atomic mass is 9.95. The standard InChI is InChI=1S/C28H38N4O8S/c1-19-5-7-21(8-6-19)41(38,39)32-15-3-4-23(32)27(36)29-22(28(37)40-2)9-10-24(33)30-16-13-20(14-17-30)18-31-25(34)11-12-26(31)35/h5-8,20,22-23H,3-4,9-18H2,1-2H3,(H,29,36)/t22-,23-/m0/s1. The summed E-state index contributed by atoms with van der Waals surface area (Å²) >= 11 is 0. The molecule has 0 radical (unpaired) electrons. The second-order valence-electron chi connectivity index (χ2n) is 10.9. The topological polar surface area (TPSA) is 150 Å². The van der Waals surface area contributed by atoms with E-state index in [1.54, 1.807) is 17.0 Å². The average Bonchev–Trinajstić information content (AvgIpc) is 3.59. The van der Waals surface area contributed by atoms with E-state index < -0.39 is 34.0 Å². The van der Waals surface area contributed by atoms with Gasteiger partial charge < -0.3 is 15.0 Å². The predicted molar refractivity (Wildman–Crippen MR) is 147 cm³/mol. The van der Waals surface area contributed by atoms with E-state index in [0.717, 1.165) is 5.56 Å². The summed E-state index contributed by atoms with van der Waals surface area (Å²) < 4.78 is 32.5. The number of carbonyl (C=O) groups is 5. The number of likely N-dealkylation sites (tertiary alicyclic amines) is 2. The molecule has 3 fully saturated rings. The van der Waals surface area contributed by atoms with Gasteiger partial charge in [0.25, 0.3) is 0 Å². The molecule has 3 saturated heterocycles. The minimum Gasteiger partial charge on any atom is -0.467 e. The van der Waals surface area contributed by atoms with Gasteiger partial charge in [-0.3, -0.25) is 24.1 Å². The van der Waals surface area contributed by atoms with Gasteiger partial charge in [-0.2, -0.15) is 4.31 Å². The monoisotopic (exact) mass is 590 g/mol. The maximum Gasteiger partial charge on any atom is 0.328 e. The third kappa shape index (κ3) is 7.13. The van der Waals surface area contributed by atoms with Crippen LogP contribution in [-0.4, -0.2) is 97.5 Å². The molecule has 41 heavy (non-hydrogen) atoms. The lowest BCUT2D eigenvalue weighted by molar-refractivity contribution is -0.146. The summed E-state index contributed by atoms with van der Waals surface area (Å²) in [5.41, 5.74) is 0.912. The number of methoxy groups -OCH3 is 1. The largest absolute Gasteiger partial charge is 0.467 e. The summed E-state index contributed by atoms with van der Waals surface area (Å²) in [6.07, 6.45) is 2.65. The Labute approximate surface area is 240 Å². The first-order valence-electron chi connectivity index (χ1n) is 14.1. The molecular weight excluding hydrogens is 552 g/mol. The van der Waals surface area contributed by atoms with E-state index in [2.05, 4.69) is 5.32 Å². The predicted octanol–water partition coefficient (Wildman–Crippen LogP) is 0.974. The zero-order valence-corrected chi connectivity index (χ0v) is 24.4. The summed E-state index contributed by atoms with van der Waals surface area (Å²) in [6, 6.07) is 4.33. The van der Waals surface area contributed by atoms with Crippen LogP contribution in [0.4, 0.5) is 0 Å². The molecule has 0 aliphatic carbocycles. The van der Waals surface area contributed by atoms with Crippen LogP contribution in [0.1, 0.15) is 56.9 Å². The van der Waals surface area contributed by atoms with Crippen molar-refractivity contribution in [3.05, 3.63) is 29.8 Å². The number of sulfonamides is 1.